The van der Waals surface area contributed by atoms with Crippen LogP contribution in [0.2, 0.25) is 5.02 Å². The Hall–Kier alpha value is -0.620. The Balaban J connectivity index is 2.24. The maximum absolute atomic E-state index is 12.9. The molecule has 1 aromatic rings. The van der Waals surface area contributed by atoms with Crippen LogP contribution >= 0.6 is 11.6 Å². The van der Waals surface area contributed by atoms with Gasteiger partial charge in [-0.1, -0.05) is 24.6 Å². The minimum Gasteiger partial charge on any atom is -0.317 e. The molecular formula is C15H23ClN2O2S. The summed E-state index contributed by atoms with van der Waals surface area (Å²) in [5.74, 6) is 0.431. The highest BCUT2D eigenvalue weighted by Gasteiger charge is 2.28. The first-order valence-corrected chi connectivity index (χ1v) is 9.24. The molecule has 0 aliphatic carbocycles. The summed E-state index contributed by atoms with van der Waals surface area (Å²) in [5.41, 5.74) is 0.739. The fourth-order valence-electron chi connectivity index (χ4n) is 2.74. The van der Waals surface area contributed by atoms with Crippen molar-refractivity contribution in [2.75, 3.05) is 26.2 Å². The molecule has 1 saturated heterocycles. The minimum atomic E-state index is -3.48. The zero-order chi connectivity index (χ0) is 15.5. The van der Waals surface area contributed by atoms with Gasteiger partial charge in [-0.3, -0.25) is 0 Å². The quantitative estimate of drug-likeness (QED) is 0.903. The summed E-state index contributed by atoms with van der Waals surface area (Å²) in [5, 5.41) is 3.76. The van der Waals surface area contributed by atoms with Crippen molar-refractivity contribution in [3.05, 3.63) is 28.8 Å². The summed E-state index contributed by atoms with van der Waals surface area (Å²) in [6.07, 6.45) is 2.06. The van der Waals surface area contributed by atoms with Crippen molar-refractivity contribution in [1.82, 2.24) is 9.62 Å². The normalized spacial score (nSPS) is 17.3. The molecular weight excluding hydrogens is 308 g/mol. The standard InChI is InChI=1S/C15H23ClN2O2S/c1-3-18(11-13-6-8-17-9-7-13)21(19,20)15-10-14(16)5-4-12(15)2/h4-5,10,13,17H,3,6-9,11H2,1-2H3. The average Bonchev–Trinajstić information content (AvgIpc) is 2.48. The van der Waals surface area contributed by atoms with Crippen LogP contribution in [0.15, 0.2) is 23.1 Å². The van der Waals surface area contributed by atoms with Crippen LogP contribution in [0.5, 0.6) is 0 Å². The molecule has 21 heavy (non-hydrogen) atoms. The second-order valence-corrected chi connectivity index (χ2v) is 7.90. The molecule has 0 unspecified atom stereocenters. The molecule has 0 bridgehead atoms. The molecule has 0 aromatic heterocycles. The maximum Gasteiger partial charge on any atom is 0.243 e. The van der Waals surface area contributed by atoms with Gasteiger partial charge in [-0.2, -0.15) is 4.31 Å². The Morgan fingerprint density at radius 3 is 2.62 bits per heavy atom. The van der Waals surface area contributed by atoms with Crippen LogP contribution < -0.4 is 5.32 Å². The summed E-state index contributed by atoms with van der Waals surface area (Å²) in [4.78, 5) is 0.325. The molecule has 0 spiro atoms. The fraction of sp³-hybridized carbons (Fsp3) is 0.600. The Morgan fingerprint density at radius 1 is 1.33 bits per heavy atom. The van der Waals surface area contributed by atoms with E-state index in [9.17, 15) is 8.42 Å². The van der Waals surface area contributed by atoms with Gasteiger partial charge in [0, 0.05) is 18.1 Å². The zero-order valence-electron chi connectivity index (χ0n) is 12.6. The maximum atomic E-state index is 12.9. The Labute approximate surface area is 132 Å². The molecule has 6 heteroatoms. The van der Waals surface area contributed by atoms with Crippen molar-refractivity contribution in [3.8, 4) is 0 Å². The Morgan fingerprint density at radius 2 is 2.00 bits per heavy atom. The Bertz CT molecular complexity index is 583. The molecule has 0 amide bonds. The number of piperidine rings is 1. The van der Waals surface area contributed by atoms with E-state index in [1.165, 1.54) is 0 Å². The summed E-state index contributed by atoms with van der Waals surface area (Å²) in [6, 6.07) is 5.03. The van der Waals surface area contributed by atoms with E-state index in [2.05, 4.69) is 5.32 Å². The predicted molar refractivity (Wildman–Crippen MR) is 86.2 cm³/mol. The molecule has 2 rings (SSSR count). The molecule has 1 N–H and O–H groups in total. The number of sulfonamides is 1. The van der Waals surface area contributed by atoms with E-state index >= 15 is 0 Å². The number of hydrogen-bond acceptors (Lipinski definition) is 3. The molecule has 0 saturated carbocycles. The van der Waals surface area contributed by atoms with Crippen molar-refractivity contribution in [2.45, 2.75) is 31.6 Å². The van der Waals surface area contributed by atoms with Crippen molar-refractivity contribution in [3.63, 3.8) is 0 Å². The topological polar surface area (TPSA) is 49.4 Å². The van der Waals surface area contributed by atoms with Gasteiger partial charge < -0.3 is 5.32 Å². The monoisotopic (exact) mass is 330 g/mol. The highest BCUT2D eigenvalue weighted by molar-refractivity contribution is 7.89. The zero-order valence-corrected chi connectivity index (χ0v) is 14.2. The van der Waals surface area contributed by atoms with E-state index in [-0.39, 0.29) is 0 Å². The number of halogens is 1. The molecule has 4 nitrogen and oxygen atoms in total. The lowest BCUT2D eigenvalue weighted by Crippen LogP contribution is -2.39. The minimum absolute atomic E-state index is 0.325. The summed E-state index contributed by atoms with van der Waals surface area (Å²) < 4.78 is 27.3. The van der Waals surface area contributed by atoms with Crippen LogP contribution in [0.25, 0.3) is 0 Å². The highest BCUT2D eigenvalue weighted by atomic mass is 35.5. The van der Waals surface area contributed by atoms with E-state index in [1.54, 1.807) is 22.5 Å². The number of nitrogens with one attached hydrogen (secondary N) is 1. The number of benzene rings is 1. The largest absolute Gasteiger partial charge is 0.317 e. The number of rotatable bonds is 5. The van der Waals surface area contributed by atoms with E-state index in [4.69, 9.17) is 11.6 Å². The van der Waals surface area contributed by atoms with Crippen LogP contribution in [-0.4, -0.2) is 38.9 Å². The van der Waals surface area contributed by atoms with Crippen molar-refractivity contribution in [1.29, 1.82) is 0 Å². The van der Waals surface area contributed by atoms with Crippen LogP contribution in [-0.2, 0) is 10.0 Å². The summed E-state index contributed by atoms with van der Waals surface area (Å²) >= 11 is 5.97. The van der Waals surface area contributed by atoms with Crippen LogP contribution in [0.4, 0.5) is 0 Å². The van der Waals surface area contributed by atoms with Gasteiger partial charge in [0.1, 0.15) is 0 Å². The van der Waals surface area contributed by atoms with Gasteiger partial charge in [0.2, 0.25) is 10.0 Å². The number of nitrogens with zero attached hydrogens (tertiary/aromatic N) is 1. The number of aryl methyl sites for hydroxylation is 1. The van der Waals surface area contributed by atoms with Gasteiger partial charge in [-0.15, -0.1) is 0 Å². The van der Waals surface area contributed by atoms with Gasteiger partial charge in [-0.05, 0) is 56.5 Å². The molecule has 1 aliphatic rings. The third kappa shape index (κ3) is 3.97. The third-order valence-electron chi connectivity index (χ3n) is 4.04. The second kappa shape index (κ2) is 7.09. The lowest BCUT2D eigenvalue weighted by Gasteiger charge is -2.29. The van der Waals surface area contributed by atoms with Gasteiger partial charge in [0.15, 0.2) is 0 Å². The van der Waals surface area contributed by atoms with Gasteiger partial charge in [0.05, 0.1) is 4.90 Å². The third-order valence-corrected chi connectivity index (χ3v) is 6.36. The van der Waals surface area contributed by atoms with Crippen LogP contribution in [0.3, 0.4) is 0 Å². The van der Waals surface area contributed by atoms with Gasteiger partial charge >= 0.3 is 0 Å². The van der Waals surface area contributed by atoms with Gasteiger partial charge in [-0.25, -0.2) is 8.42 Å². The molecule has 1 aliphatic heterocycles. The fourth-order valence-corrected chi connectivity index (χ4v) is 4.75. The van der Waals surface area contributed by atoms with E-state index < -0.39 is 10.0 Å². The molecule has 0 radical (unpaired) electrons. The van der Waals surface area contributed by atoms with Crippen molar-refractivity contribution in [2.24, 2.45) is 5.92 Å². The average molecular weight is 331 g/mol. The van der Waals surface area contributed by atoms with E-state index in [0.717, 1.165) is 31.5 Å². The van der Waals surface area contributed by atoms with E-state index in [0.29, 0.717) is 28.9 Å². The first kappa shape index (κ1) is 16.7. The first-order valence-electron chi connectivity index (χ1n) is 7.42. The predicted octanol–water partition coefficient (Wildman–Crippen LogP) is 2.66. The van der Waals surface area contributed by atoms with Gasteiger partial charge in [0.25, 0.3) is 0 Å². The summed E-state index contributed by atoms with van der Waals surface area (Å²) in [7, 11) is -3.48. The van der Waals surface area contributed by atoms with Crippen molar-refractivity contribution >= 4 is 21.6 Å². The SMILES string of the molecule is CCN(CC1CCNCC1)S(=O)(=O)c1cc(Cl)ccc1C. The first-order chi connectivity index (χ1) is 9.95. The van der Waals surface area contributed by atoms with Crippen LogP contribution in [0.1, 0.15) is 25.3 Å². The smallest absolute Gasteiger partial charge is 0.243 e. The summed E-state index contributed by atoms with van der Waals surface area (Å²) in [6.45, 7) is 6.71. The molecule has 1 fully saturated rings. The van der Waals surface area contributed by atoms with Crippen LogP contribution in [0, 0.1) is 12.8 Å². The second-order valence-electron chi connectivity index (χ2n) is 5.56. The van der Waals surface area contributed by atoms with Crippen molar-refractivity contribution < 1.29 is 8.42 Å². The molecule has 118 valence electrons. The lowest BCUT2D eigenvalue weighted by molar-refractivity contribution is 0.294. The highest BCUT2D eigenvalue weighted by Crippen LogP contribution is 2.25. The molecule has 1 aromatic carbocycles. The Kier molecular flexibility index (Phi) is 5.66. The molecule has 1 heterocycles. The van der Waals surface area contributed by atoms with E-state index in [1.807, 2.05) is 13.8 Å². The number of hydrogen-bond donors (Lipinski definition) is 1. The lowest BCUT2D eigenvalue weighted by atomic mass is 9.98. The molecule has 0 atom stereocenters.